The van der Waals surface area contributed by atoms with Crippen LogP contribution in [0.1, 0.15) is 80.7 Å². The highest BCUT2D eigenvalue weighted by molar-refractivity contribution is 6.07. The average molecular weight is 611 g/mol. The minimum atomic E-state index is -0.526. The quantitative estimate of drug-likeness (QED) is 0.261. The number of aromatic nitrogens is 3. The Kier molecular flexibility index (Phi) is 9.48. The lowest BCUT2D eigenvalue weighted by Gasteiger charge is -2.29. The van der Waals surface area contributed by atoms with Crippen LogP contribution in [0.5, 0.6) is 5.75 Å². The monoisotopic (exact) mass is 610 g/mol. The number of carbonyl (C=O) groups excluding carboxylic acids is 3. The molecule has 0 unspecified atom stereocenters. The Morgan fingerprint density at radius 1 is 1.07 bits per heavy atom. The van der Waals surface area contributed by atoms with E-state index in [9.17, 15) is 14.4 Å². The van der Waals surface area contributed by atoms with Crippen LogP contribution < -0.4 is 15.4 Å². The Balaban J connectivity index is 1.46. The number of carbonyl (C=O) groups is 3. The fraction of sp³-hybridized carbons (Fsp3) is 0.382. The molecule has 1 fully saturated rings. The van der Waals surface area contributed by atoms with Crippen molar-refractivity contribution in [2.75, 3.05) is 38.5 Å². The molecule has 2 aliphatic rings. The third kappa shape index (κ3) is 7.31. The van der Waals surface area contributed by atoms with Crippen molar-refractivity contribution in [1.82, 2.24) is 25.2 Å². The van der Waals surface area contributed by atoms with Crippen LogP contribution in [0.25, 0.3) is 0 Å². The summed E-state index contributed by atoms with van der Waals surface area (Å²) in [6.45, 7) is 13.2. The maximum absolute atomic E-state index is 13.4. The molecule has 1 aliphatic heterocycles. The largest absolute Gasteiger partial charge is 0.482 e. The van der Waals surface area contributed by atoms with Crippen LogP contribution >= 0.6 is 0 Å². The Morgan fingerprint density at radius 3 is 2.49 bits per heavy atom. The van der Waals surface area contributed by atoms with Crippen molar-refractivity contribution in [3.8, 4) is 5.75 Å². The Hall–Kier alpha value is -4.77. The van der Waals surface area contributed by atoms with Gasteiger partial charge in [0.2, 0.25) is 0 Å². The van der Waals surface area contributed by atoms with E-state index in [-0.39, 0.29) is 17.4 Å². The van der Waals surface area contributed by atoms with E-state index < -0.39 is 12.0 Å². The molecule has 234 valence electrons. The highest BCUT2D eigenvalue weighted by Crippen LogP contribution is 2.40. The Morgan fingerprint density at radius 2 is 1.84 bits per heavy atom. The van der Waals surface area contributed by atoms with Gasteiger partial charge in [0.25, 0.3) is 11.8 Å². The predicted molar refractivity (Wildman–Crippen MR) is 171 cm³/mol. The van der Waals surface area contributed by atoms with E-state index in [1.165, 1.54) is 31.5 Å². The van der Waals surface area contributed by atoms with Gasteiger partial charge in [0.05, 0.1) is 24.3 Å². The molecular weight excluding hydrogens is 570 g/mol. The zero-order chi connectivity index (χ0) is 32.2. The first-order valence-corrected chi connectivity index (χ1v) is 15.2. The van der Waals surface area contributed by atoms with Crippen molar-refractivity contribution in [2.24, 2.45) is 0 Å². The first kappa shape index (κ1) is 31.6. The zero-order valence-electron chi connectivity index (χ0n) is 26.5. The van der Waals surface area contributed by atoms with Crippen LogP contribution in [0.15, 0.2) is 49.3 Å². The van der Waals surface area contributed by atoms with Gasteiger partial charge in [-0.25, -0.2) is 14.8 Å². The number of rotatable bonds is 10. The molecule has 11 nitrogen and oxygen atoms in total. The van der Waals surface area contributed by atoms with E-state index in [0.717, 1.165) is 17.0 Å². The van der Waals surface area contributed by atoms with Crippen molar-refractivity contribution >= 4 is 29.3 Å². The summed E-state index contributed by atoms with van der Waals surface area (Å²) in [7, 11) is 1.54. The first-order valence-electron chi connectivity index (χ1n) is 15.2. The SMILES string of the molecule is C=CC(=O)[N+]1=C(C)CN(C[C@@H](Oc2cc(C)c(C(=O)Nc3nc(C)ncc3C)cc2C(=O)NC)c2ccc(C3CC3)cn2)CC1. The van der Waals surface area contributed by atoms with Gasteiger partial charge in [0, 0.05) is 50.1 Å². The summed E-state index contributed by atoms with van der Waals surface area (Å²) in [6.07, 6.45) is 6.72. The fourth-order valence-corrected chi connectivity index (χ4v) is 5.50. The number of nitrogens with one attached hydrogen (secondary N) is 2. The molecule has 0 bridgehead atoms. The number of pyridine rings is 1. The summed E-state index contributed by atoms with van der Waals surface area (Å²) >= 11 is 0. The summed E-state index contributed by atoms with van der Waals surface area (Å²) in [4.78, 5) is 54.4. The normalized spacial score (nSPS) is 15.8. The molecule has 1 saturated carbocycles. The summed E-state index contributed by atoms with van der Waals surface area (Å²) in [5, 5.41) is 5.53. The van der Waals surface area contributed by atoms with Gasteiger partial charge in [-0.2, -0.15) is 4.58 Å². The van der Waals surface area contributed by atoms with Crippen LogP contribution in [0, 0.1) is 20.8 Å². The third-order valence-electron chi connectivity index (χ3n) is 8.24. The predicted octanol–water partition coefficient (Wildman–Crippen LogP) is 3.91. The van der Waals surface area contributed by atoms with Crippen molar-refractivity contribution < 1.29 is 23.7 Å². The van der Waals surface area contributed by atoms with Crippen LogP contribution in [-0.4, -0.2) is 81.1 Å². The molecule has 2 aromatic heterocycles. The Bertz CT molecular complexity index is 1680. The fourth-order valence-electron chi connectivity index (χ4n) is 5.50. The van der Waals surface area contributed by atoms with Crippen LogP contribution in [-0.2, 0) is 4.79 Å². The number of anilines is 1. The average Bonchev–Trinajstić information content (AvgIpc) is 3.88. The molecule has 3 heterocycles. The lowest BCUT2D eigenvalue weighted by molar-refractivity contribution is -0.451. The van der Waals surface area contributed by atoms with Crippen LogP contribution in [0.2, 0.25) is 0 Å². The van der Waals surface area contributed by atoms with E-state index in [1.807, 2.05) is 26.1 Å². The van der Waals surface area contributed by atoms with E-state index >= 15 is 0 Å². The van der Waals surface area contributed by atoms with Gasteiger partial charge in [0.15, 0.2) is 18.4 Å². The van der Waals surface area contributed by atoms with Crippen molar-refractivity contribution in [3.63, 3.8) is 0 Å². The molecule has 11 heteroatoms. The van der Waals surface area contributed by atoms with Crippen molar-refractivity contribution in [3.05, 3.63) is 88.6 Å². The summed E-state index contributed by atoms with van der Waals surface area (Å²) in [5.41, 5.74) is 4.79. The molecule has 5 rings (SSSR count). The number of benzene rings is 1. The molecule has 0 radical (unpaired) electrons. The first-order chi connectivity index (χ1) is 21.6. The zero-order valence-corrected chi connectivity index (χ0v) is 26.5. The van der Waals surface area contributed by atoms with Gasteiger partial charge in [-0.15, -0.1) is 0 Å². The highest BCUT2D eigenvalue weighted by atomic mass is 16.5. The maximum atomic E-state index is 13.4. The number of hydrogen-bond acceptors (Lipinski definition) is 8. The summed E-state index contributed by atoms with van der Waals surface area (Å²) < 4.78 is 8.39. The number of nitrogens with zero attached hydrogens (tertiary/aromatic N) is 5. The minimum absolute atomic E-state index is 0.114. The molecule has 3 aromatic rings. The van der Waals surface area contributed by atoms with Gasteiger partial charge in [-0.3, -0.25) is 19.5 Å². The molecule has 1 aliphatic carbocycles. The molecule has 0 saturated heterocycles. The molecule has 2 N–H and O–H groups in total. The summed E-state index contributed by atoms with van der Waals surface area (Å²) in [6, 6.07) is 7.37. The smallest absolute Gasteiger partial charge is 0.411 e. The second-order valence-corrected chi connectivity index (χ2v) is 11.7. The van der Waals surface area contributed by atoms with Gasteiger partial charge in [0.1, 0.15) is 17.4 Å². The van der Waals surface area contributed by atoms with E-state index in [2.05, 4.69) is 38.1 Å². The summed E-state index contributed by atoms with van der Waals surface area (Å²) in [5.74, 6) is 0.968. The Labute approximate surface area is 263 Å². The molecule has 1 atom stereocenters. The van der Waals surface area contributed by atoms with E-state index in [4.69, 9.17) is 9.72 Å². The maximum Gasteiger partial charge on any atom is 0.411 e. The molecule has 3 amide bonds. The van der Waals surface area contributed by atoms with E-state index in [0.29, 0.717) is 60.6 Å². The third-order valence-corrected chi connectivity index (χ3v) is 8.24. The topological polar surface area (TPSA) is 129 Å². The van der Waals surface area contributed by atoms with Crippen LogP contribution in [0.3, 0.4) is 0 Å². The minimum Gasteiger partial charge on any atom is -0.482 e. The van der Waals surface area contributed by atoms with Gasteiger partial charge >= 0.3 is 5.91 Å². The molecular formula is C34H40N7O4+. The number of hydrogen-bond donors (Lipinski definition) is 2. The molecule has 45 heavy (non-hydrogen) atoms. The van der Waals surface area contributed by atoms with E-state index in [1.54, 1.807) is 36.8 Å². The van der Waals surface area contributed by atoms with Crippen molar-refractivity contribution in [1.29, 1.82) is 0 Å². The van der Waals surface area contributed by atoms with Crippen LogP contribution in [0.4, 0.5) is 5.82 Å². The lowest BCUT2D eigenvalue weighted by atomic mass is 10.0. The van der Waals surface area contributed by atoms with Crippen molar-refractivity contribution in [2.45, 2.75) is 52.6 Å². The lowest BCUT2D eigenvalue weighted by Crippen LogP contribution is -2.47. The highest BCUT2D eigenvalue weighted by Gasteiger charge is 2.31. The standard InChI is InChI=1S/C34H39N7O4/c1-7-31(42)41-13-12-40(18-22(41)4)19-30(28-11-10-25(17-37-28)24-8-9-24)45-29-14-20(2)26(15-27(29)33(43)35-6)34(44)39-32-21(3)16-36-23(5)38-32/h7,10-11,14-17,24,30H,1,8-9,12-13,18-19H2,2-6H3,(H-,35,36,38,39,43,44)/p+1/t30-/m1/s1. The second-order valence-electron chi connectivity index (χ2n) is 11.7. The van der Waals surface area contributed by atoms with Gasteiger partial charge < -0.3 is 15.4 Å². The van der Waals surface area contributed by atoms with Gasteiger partial charge in [-0.05, 0) is 68.9 Å². The number of aryl methyl sites for hydroxylation is 3. The molecule has 1 aromatic carbocycles. The second kappa shape index (κ2) is 13.5. The number of amides is 3. The molecule has 0 spiro atoms. The number of ether oxygens (including phenoxy) is 1. The van der Waals surface area contributed by atoms with Gasteiger partial charge in [-0.1, -0.05) is 12.6 Å².